The van der Waals surface area contributed by atoms with Crippen LogP contribution in [-0.4, -0.2) is 61.8 Å². The molecule has 8 heteroatoms. The second-order valence-corrected chi connectivity index (χ2v) is 7.74. The van der Waals surface area contributed by atoms with Crippen LogP contribution in [0, 0.1) is 5.82 Å². The van der Waals surface area contributed by atoms with Crippen LogP contribution in [0.4, 0.5) is 4.39 Å². The fourth-order valence-electron chi connectivity index (χ4n) is 4.06. The standard InChI is InChI=1S/C20H26ClFN2O4/c21-15-5-4-6-16(22)18(15)19(26)28-13-17(25)23-14-20(7-2-1-3-8-20)24-9-11-27-12-10-24/h4-6H,1-3,7-14H2,(H,23,25). The molecule has 0 atom stereocenters. The first-order valence-electron chi connectivity index (χ1n) is 9.72. The van der Waals surface area contributed by atoms with Gasteiger partial charge in [-0.05, 0) is 25.0 Å². The number of carbonyl (C=O) groups excluding carboxylic acids is 2. The first-order chi connectivity index (χ1) is 13.5. The third kappa shape index (κ3) is 5.01. The molecule has 1 aliphatic carbocycles. The van der Waals surface area contributed by atoms with E-state index in [1.807, 2.05) is 0 Å². The average Bonchev–Trinajstić information content (AvgIpc) is 2.72. The summed E-state index contributed by atoms with van der Waals surface area (Å²) < 4.78 is 24.2. The summed E-state index contributed by atoms with van der Waals surface area (Å²) in [6.07, 6.45) is 5.53. The van der Waals surface area contributed by atoms with Crippen molar-refractivity contribution in [3.05, 3.63) is 34.6 Å². The van der Waals surface area contributed by atoms with Gasteiger partial charge in [-0.25, -0.2) is 9.18 Å². The molecule has 1 aliphatic heterocycles. The van der Waals surface area contributed by atoms with Gasteiger partial charge in [0.15, 0.2) is 6.61 Å². The number of benzene rings is 1. The summed E-state index contributed by atoms with van der Waals surface area (Å²) in [6.45, 7) is 3.16. The number of nitrogens with one attached hydrogen (secondary N) is 1. The normalized spacial score (nSPS) is 19.8. The smallest absolute Gasteiger partial charge is 0.343 e. The Morgan fingerprint density at radius 3 is 2.61 bits per heavy atom. The zero-order valence-corrected chi connectivity index (χ0v) is 16.6. The predicted octanol–water partition coefficient (Wildman–Crippen LogP) is 2.79. The SMILES string of the molecule is O=C(COC(=O)c1c(F)cccc1Cl)NCC1(N2CCOCC2)CCCCC1. The van der Waals surface area contributed by atoms with Crippen molar-refractivity contribution in [3.63, 3.8) is 0 Å². The molecule has 1 saturated heterocycles. The summed E-state index contributed by atoms with van der Waals surface area (Å²) in [7, 11) is 0. The van der Waals surface area contributed by atoms with E-state index in [4.69, 9.17) is 21.1 Å². The van der Waals surface area contributed by atoms with Crippen LogP contribution in [0.5, 0.6) is 0 Å². The fourth-order valence-corrected chi connectivity index (χ4v) is 4.30. The third-order valence-electron chi connectivity index (χ3n) is 5.58. The Kier molecular flexibility index (Phi) is 7.26. The van der Waals surface area contributed by atoms with Gasteiger partial charge in [-0.2, -0.15) is 0 Å². The monoisotopic (exact) mass is 412 g/mol. The van der Waals surface area contributed by atoms with E-state index >= 15 is 0 Å². The molecule has 3 rings (SSSR count). The van der Waals surface area contributed by atoms with Crippen LogP contribution in [0.25, 0.3) is 0 Å². The van der Waals surface area contributed by atoms with Crippen molar-refractivity contribution in [1.82, 2.24) is 10.2 Å². The lowest BCUT2D eigenvalue weighted by molar-refractivity contribution is -0.125. The van der Waals surface area contributed by atoms with Gasteiger partial charge in [0.05, 0.1) is 18.2 Å². The van der Waals surface area contributed by atoms with Gasteiger partial charge in [0.1, 0.15) is 11.4 Å². The van der Waals surface area contributed by atoms with Crippen molar-refractivity contribution in [3.8, 4) is 0 Å². The quantitative estimate of drug-likeness (QED) is 0.728. The van der Waals surface area contributed by atoms with Crippen LogP contribution in [-0.2, 0) is 14.3 Å². The van der Waals surface area contributed by atoms with E-state index in [2.05, 4.69) is 10.2 Å². The highest BCUT2D eigenvalue weighted by molar-refractivity contribution is 6.33. The van der Waals surface area contributed by atoms with E-state index in [-0.39, 0.29) is 16.1 Å². The Bertz CT molecular complexity index is 683. The summed E-state index contributed by atoms with van der Waals surface area (Å²) >= 11 is 5.85. The van der Waals surface area contributed by atoms with Gasteiger partial charge < -0.3 is 14.8 Å². The van der Waals surface area contributed by atoms with Crippen LogP contribution >= 0.6 is 11.6 Å². The summed E-state index contributed by atoms with van der Waals surface area (Å²) in [5.74, 6) is -2.12. The number of hydrogen-bond acceptors (Lipinski definition) is 5. The molecule has 154 valence electrons. The summed E-state index contributed by atoms with van der Waals surface area (Å²) in [5.41, 5.74) is -0.426. The molecule has 1 aromatic carbocycles. The molecule has 28 heavy (non-hydrogen) atoms. The highest BCUT2D eigenvalue weighted by Gasteiger charge is 2.38. The molecule has 0 aromatic heterocycles. The number of rotatable bonds is 6. The van der Waals surface area contributed by atoms with E-state index in [0.29, 0.717) is 19.8 Å². The van der Waals surface area contributed by atoms with Crippen molar-refractivity contribution >= 4 is 23.5 Å². The van der Waals surface area contributed by atoms with Gasteiger partial charge in [0.2, 0.25) is 0 Å². The van der Waals surface area contributed by atoms with E-state index in [0.717, 1.165) is 44.8 Å². The fraction of sp³-hybridized carbons (Fsp3) is 0.600. The molecule has 2 aliphatic rings. The number of hydrogen-bond donors (Lipinski definition) is 1. The lowest BCUT2D eigenvalue weighted by Gasteiger charge is -2.48. The number of halogens is 2. The van der Waals surface area contributed by atoms with E-state index in [1.54, 1.807) is 0 Å². The molecule has 1 aromatic rings. The zero-order valence-electron chi connectivity index (χ0n) is 15.8. The average molecular weight is 413 g/mol. The molecule has 0 radical (unpaired) electrons. The Morgan fingerprint density at radius 1 is 1.21 bits per heavy atom. The highest BCUT2D eigenvalue weighted by atomic mass is 35.5. The summed E-state index contributed by atoms with van der Waals surface area (Å²) in [4.78, 5) is 26.7. The summed E-state index contributed by atoms with van der Waals surface area (Å²) in [6, 6.07) is 3.92. The lowest BCUT2D eigenvalue weighted by Crippen LogP contribution is -2.59. The minimum atomic E-state index is -0.946. The Morgan fingerprint density at radius 2 is 1.93 bits per heavy atom. The maximum atomic E-state index is 13.8. The molecule has 1 amide bonds. The van der Waals surface area contributed by atoms with Crippen LogP contribution in [0.3, 0.4) is 0 Å². The van der Waals surface area contributed by atoms with Crippen molar-refractivity contribution in [2.75, 3.05) is 39.5 Å². The molecular weight excluding hydrogens is 387 g/mol. The van der Waals surface area contributed by atoms with Crippen molar-refractivity contribution in [2.45, 2.75) is 37.6 Å². The molecule has 0 bridgehead atoms. The third-order valence-corrected chi connectivity index (χ3v) is 5.90. The Balaban J connectivity index is 1.54. The lowest BCUT2D eigenvalue weighted by atomic mass is 9.79. The van der Waals surface area contributed by atoms with Crippen LogP contribution in [0.2, 0.25) is 5.02 Å². The van der Waals surface area contributed by atoms with Gasteiger partial charge in [0.25, 0.3) is 5.91 Å². The van der Waals surface area contributed by atoms with Gasteiger partial charge in [-0.15, -0.1) is 0 Å². The number of carbonyl (C=O) groups is 2. The first-order valence-corrected chi connectivity index (χ1v) is 10.1. The number of ether oxygens (including phenoxy) is 2. The van der Waals surface area contributed by atoms with Crippen molar-refractivity contribution in [2.24, 2.45) is 0 Å². The first kappa shape index (κ1) is 21.0. The van der Waals surface area contributed by atoms with Crippen molar-refractivity contribution < 1.29 is 23.5 Å². The maximum Gasteiger partial charge on any atom is 0.343 e. The number of amides is 1. The Labute approximate surface area is 169 Å². The molecule has 0 unspecified atom stereocenters. The van der Waals surface area contributed by atoms with Gasteiger partial charge in [-0.3, -0.25) is 9.69 Å². The van der Waals surface area contributed by atoms with Gasteiger partial charge >= 0.3 is 5.97 Å². The maximum absolute atomic E-state index is 13.8. The second-order valence-electron chi connectivity index (χ2n) is 7.33. The molecule has 1 heterocycles. The van der Waals surface area contributed by atoms with E-state index in [1.165, 1.54) is 18.6 Å². The molecule has 1 N–H and O–H groups in total. The minimum absolute atomic E-state index is 0.0427. The van der Waals surface area contributed by atoms with Crippen molar-refractivity contribution in [1.29, 1.82) is 0 Å². The minimum Gasteiger partial charge on any atom is -0.452 e. The second kappa shape index (κ2) is 9.67. The molecule has 2 fully saturated rings. The highest BCUT2D eigenvalue weighted by Crippen LogP contribution is 2.33. The Hall–Kier alpha value is -1.70. The molecule has 0 spiro atoms. The number of esters is 1. The number of morpholine rings is 1. The van der Waals surface area contributed by atoms with Crippen LogP contribution in [0.15, 0.2) is 18.2 Å². The van der Waals surface area contributed by atoms with Crippen LogP contribution in [0.1, 0.15) is 42.5 Å². The molecular formula is C20H26ClFN2O4. The predicted molar refractivity (Wildman–Crippen MR) is 103 cm³/mol. The van der Waals surface area contributed by atoms with E-state index in [9.17, 15) is 14.0 Å². The zero-order chi connectivity index (χ0) is 20.0. The van der Waals surface area contributed by atoms with Crippen LogP contribution < -0.4 is 5.32 Å². The van der Waals surface area contributed by atoms with Gasteiger partial charge in [0, 0.05) is 25.2 Å². The molecule has 6 nitrogen and oxygen atoms in total. The topological polar surface area (TPSA) is 67.9 Å². The summed E-state index contributed by atoms with van der Waals surface area (Å²) in [5, 5.41) is 2.86. The largest absolute Gasteiger partial charge is 0.452 e. The van der Waals surface area contributed by atoms with E-state index < -0.39 is 24.3 Å². The van der Waals surface area contributed by atoms with Gasteiger partial charge in [-0.1, -0.05) is 36.9 Å². The number of nitrogens with zero attached hydrogens (tertiary/aromatic N) is 1. The molecule has 1 saturated carbocycles.